The highest BCUT2D eigenvalue weighted by molar-refractivity contribution is 6.34. The molecule has 1 N–H and O–H groups in total. The van der Waals surface area contributed by atoms with Crippen LogP contribution in [0.1, 0.15) is 43.6 Å². The molecule has 0 bridgehead atoms. The number of nitrogens with one attached hydrogen (secondary N) is 1. The minimum absolute atomic E-state index is 0.284. The lowest BCUT2D eigenvalue weighted by molar-refractivity contribution is -0.0980. The van der Waals surface area contributed by atoms with Gasteiger partial charge in [-0.05, 0) is 60.9 Å². The lowest BCUT2D eigenvalue weighted by Crippen LogP contribution is -2.12. The Morgan fingerprint density at radius 2 is 1.69 bits per heavy atom. The monoisotopic (exact) mass is 514 g/mol. The van der Waals surface area contributed by atoms with E-state index < -0.39 is 0 Å². The number of nitrogens with zero attached hydrogens (tertiary/aromatic N) is 1. The molecule has 0 aliphatic rings. The molecular formula is C28H32Cl2N2O3. The number of ether oxygens (including phenoxy) is 1. The third-order valence-corrected chi connectivity index (χ3v) is 4.83. The van der Waals surface area contributed by atoms with E-state index in [4.69, 9.17) is 32.7 Å². The number of carbonyl (C=O) groups is 2. The highest BCUT2D eigenvalue weighted by Crippen LogP contribution is 2.30. The van der Waals surface area contributed by atoms with Gasteiger partial charge in [-0.2, -0.15) is 0 Å². The van der Waals surface area contributed by atoms with Crippen LogP contribution >= 0.6 is 23.2 Å². The summed E-state index contributed by atoms with van der Waals surface area (Å²) in [6.45, 7) is 12.7. The van der Waals surface area contributed by atoms with Crippen LogP contribution in [0.4, 0.5) is 5.69 Å². The van der Waals surface area contributed by atoms with Gasteiger partial charge in [0, 0.05) is 11.3 Å². The van der Waals surface area contributed by atoms with Crippen molar-refractivity contribution in [3.8, 4) is 29.9 Å². The van der Waals surface area contributed by atoms with Crippen molar-refractivity contribution in [2.24, 2.45) is 5.92 Å². The van der Waals surface area contributed by atoms with Gasteiger partial charge in [0.1, 0.15) is 12.5 Å². The van der Waals surface area contributed by atoms with Crippen molar-refractivity contribution in [3.05, 3.63) is 75.9 Å². The van der Waals surface area contributed by atoms with E-state index in [1.54, 1.807) is 36.5 Å². The second-order valence-electron chi connectivity index (χ2n) is 7.22. The Labute approximate surface area is 218 Å². The topological polar surface area (TPSA) is 68.3 Å². The van der Waals surface area contributed by atoms with Gasteiger partial charge >= 0.3 is 0 Å². The first-order chi connectivity index (χ1) is 16.8. The molecule has 5 nitrogen and oxygen atoms in total. The number of terminal acetylenes is 1. The zero-order valence-corrected chi connectivity index (χ0v) is 22.3. The number of anilines is 1. The van der Waals surface area contributed by atoms with Gasteiger partial charge in [0.15, 0.2) is 0 Å². The second-order valence-corrected chi connectivity index (χ2v) is 8.03. The number of carbonyl (C=O) groups excluding carboxylic acids is 2. The van der Waals surface area contributed by atoms with E-state index in [9.17, 15) is 4.79 Å². The summed E-state index contributed by atoms with van der Waals surface area (Å²) in [6, 6.07) is 14.3. The molecule has 0 aliphatic heterocycles. The van der Waals surface area contributed by atoms with Crippen LogP contribution in [0.15, 0.2) is 54.7 Å². The van der Waals surface area contributed by atoms with Crippen LogP contribution in [0.2, 0.25) is 10.0 Å². The third-order valence-electron chi connectivity index (χ3n) is 4.19. The van der Waals surface area contributed by atoms with E-state index in [2.05, 4.69) is 37.0 Å². The first-order valence-electron chi connectivity index (χ1n) is 10.9. The van der Waals surface area contributed by atoms with Crippen molar-refractivity contribution in [2.75, 3.05) is 11.9 Å². The molecule has 2 aromatic carbocycles. The Morgan fingerprint density at radius 3 is 2.23 bits per heavy atom. The molecule has 0 atom stereocenters. The van der Waals surface area contributed by atoms with E-state index in [0.717, 1.165) is 11.1 Å². The summed E-state index contributed by atoms with van der Waals surface area (Å²) in [5.74, 6) is 0.858. The molecule has 0 saturated carbocycles. The van der Waals surface area contributed by atoms with Crippen LogP contribution in [0.3, 0.4) is 0 Å². The fraction of sp³-hybridized carbons (Fsp3) is 0.250. The van der Waals surface area contributed by atoms with Gasteiger partial charge in [0.25, 0.3) is 5.91 Å². The van der Waals surface area contributed by atoms with Crippen LogP contribution in [0.5, 0.6) is 5.75 Å². The van der Waals surface area contributed by atoms with Gasteiger partial charge in [-0.1, -0.05) is 57.0 Å². The van der Waals surface area contributed by atoms with Crippen molar-refractivity contribution < 1.29 is 14.3 Å². The Kier molecular flexibility index (Phi) is 15.5. The normalized spacial score (nSPS) is 9.31. The van der Waals surface area contributed by atoms with Crippen molar-refractivity contribution >= 4 is 41.6 Å². The summed E-state index contributed by atoms with van der Waals surface area (Å²) < 4.78 is 5.67. The van der Waals surface area contributed by atoms with Crippen molar-refractivity contribution in [3.63, 3.8) is 0 Å². The van der Waals surface area contributed by atoms with Crippen molar-refractivity contribution in [1.82, 2.24) is 4.98 Å². The zero-order valence-electron chi connectivity index (χ0n) is 20.8. The minimum atomic E-state index is -0.284. The number of hydrogen-bond donors (Lipinski definition) is 1. The molecule has 0 unspecified atom stereocenters. The fourth-order valence-electron chi connectivity index (χ4n) is 2.69. The largest absolute Gasteiger partial charge is 0.492 e. The number of aryl methyl sites for hydroxylation is 1. The molecule has 0 saturated heterocycles. The SMILES string of the molecule is C#C.C=O.CC.Cc1ccc(C(=O)Nc2ccc(Cl)c(-c3ccc(OCC(C)C)cn3)c2)c(Cl)c1. The van der Waals surface area contributed by atoms with Gasteiger partial charge < -0.3 is 14.8 Å². The van der Waals surface area contributed by atoms with Crippen molar-refractivity contribution in [1.29, 1.82) is 0 Å². The first-order valence-corrected chi connectivity index (χ1v) is 11.7. The number of hydrogen-bond acceptors (Lipinski definition) is 4. The van der Waals surface area contributed by atoms with Gasteiger partial charge in [-0.3, -0.25) is 9.78 Å². The summed E-state index contributed by atoms with van der Waals surface area (Å²) in [5, 5.41) is 3.82. The molecule has 0 spiro atoms. The molecule has 0 aliphatic carbocycles. The molecule has 1 amide bonds. The molecule has 3 aromatic rings. The molecule has 1 heterocycles. The predicted octanol–water partition coefficient (Wildman–Crippen LogP) is 7.74. The quantitative estimate of drug-likeness (QED) is 0.341. The van der Waals surface area contributed by atoms with Crippen LogP contribution in [-0.4, -0.2) is 24.3 Å². The molecule has 7 heteroatoms. The number of aromatic nitrogens is 1. The van der Waals surface area contributed by atoms with E-state index in [-0.39, 0.29) is 5.91 Å². The smallest absolute Gasteiger partial charge is 0.257 e. The van der Waals surface area contributed by atoms with Gasteiger partial charge in [-0.25, -0.2) is 0 Å². The Balaban J connectivity index is 0.00000179. The van der Waals surface area contributed by atoms with Crippen LogP contribution in [0, 0.1) is 25.7 Å². The summed E-state index contributed by atoms with van der Waals surface area (Å²) >= 11 is 12.6. The minimum Gasteiger partial charge on any atom is -0.492 e. The molecule has 0 radical (unpaired) electrons. The standard InChI is InChI=1S/C23H22Cl2N2O2.C2H6.C2H2.CH2O/c1-14(2)13-29-17-6-9-22(26-12-17)19-11-16(5-8-20(19)24)27-23(28)18-7-4-15(3)10-21(18)25;3*1-2/h4-12,14H,13H2,1-3H3,(H,27,28);1-2H3;1-2H;1H2. The van der Waals surface area contributed by atoms with E-state index in [1.165, 1.54) is 0 Å². The second kappa shape index (κ2) is 17.2. The molecule has 186 valence electrons. The number of pyridine rings is 1. The summed E-state index contributed by atoms with van der Waals surface area (Å²) in [4.78, 5) is 25.0. The lowest BCUT2D eigenvalue weighted by atomic mass is 10.1. The number of halogens is 2. The molecule has 1 aromatic heterocycles. The Bertz CT molecular complexity index is 1080. The maximum atomic E-state index is 12.6. The average molecular weight is 515 g/mol. The third kappa shape index (κ3) is 10.2. The maximum absolute atomic E-state index is 12.6. The van der Waals surface area contributed by atoms with E-state index >= 15 is 0 Å². The van der Waals surface area contributed by atoms with E-state index in [0.29, 0.717) is 45.3 Å². The van der Waals surface area contributed by atoms with Gasteiger partial charge in [-0.15, -0.1) is 12.8 Å². The summed E-state index contributed by atoms with van der Waals surface area (Å²) in [6.07, 6.45) is 9.67. The Hall–Kier alpha value is -3.33. The van der Waals surface area contributed by atoms with Gasteiger partial charge in [0.2, 0.25) is 0 Å². The lowest BCUT2D eigenvalue weighted by Gasteiger charge is -2.11. The molecule has 3 rings (SSSR count). The zero-order chi connectivity index (χ0) is 27.0. The number of benzene rings is 2. The number of amides is 1. The molecule has 35 heavy (non-hydrogen) atoms. The van der Waals surface area contributed by atoms with Crippen LogP contribution in [0.25, 0.3) is 11.3 Å². The number of rotatable bonds is 6. The Morgan fingerprint density at radius 1 is 1.03 bits per heavy atom. The fourth-order valence-corrected chi connectivity index (χ4v) is 3.23. The molecule has 0 fully saturated rings. The van der Waals surface area contributed by atoms with Crippen LogP contribution in [-0.2, 0) is 4.79 Å². The highest BCUT2D eigenvalue weighted by Gasteiger charge is 2.13. The van der Waals surface area contributed by atoms with Gasteiger partial charge in [0.05, 0.1) is 34.1 Å². The summed E-state index contributed by atoms with van der Waals surface area (Å²) in [7, 11) is 0. The average Bonchev–Trinajstić information content (AvgIpc) is 2.88. The first kappa shape index (κ1) is 31.7. The predicted molar refractivity (Wildman–Crippen MR) is 148 cm³/mol. The summed E-state index contributed by atoms with van der Waals surface area (Å²) in [5.41, 5.74) is 3.42. The van der Waals surface area contributed by atoms with E-state index in [1.807, 2.05) is 45.8 Å². The van der Waals surface area contributed by atoms with Crippen LogP contribution < -0.4 is 10.1 Å². The molecular weight excluding hydrogens is 483 g/mol. The van der Waals surface area contributed by atoms with Crippen molar-refractivity contribution in [2.45, 2.75) is 34.6 Å². The maximum Gasteiger partial charge on any atom is 0.257 e. The highest BCUT2D eigenvalue weighted by atomic mass is 35.5.